The third-order valence-electron chi connectivity index (χ3n) is 5.95. The van der Waals surface area contributed by atoms with Crippen molar-refractivity contribution in [1.82, 2.24) is 14.7 Å². The van der Waals surface area contributed by atoms with E-state index in [1.54, 1.807) is 0 Å². The van der Waals surface area contributed by atoms with Gasteiger partial charge in [-0.15, -0.1) is 0 Å². The van der Waals surface area contributed by atoms with Crippen molar-refractivity contribution in [3.8, 4) is 0 Å². The Hall–Kier alpha value is -2.29. The zero-order valence-corrected chi connectivity index (χ0v) is 18.1. The lowest BCUT2D eigenvalue weighted by atomic mass is 10.0. The number of thiol groups is 1. The Morgan fingerprint density at radius 3 is 2.67 bits per heavy atom. The minimum absolute atomic E-state index is 0.342. The summed E-state index contributed by atoms with van der Waals surface area (Å²) in [4.78, 5) is 10.4. The van der Waals surface area contributed by atoms with Gasteiger partial charge in [-0.1, -0.05) is 17.7 Å². The molecule has 7 nitrogen and oxygen atoms in total. The molecule has 30 heavy (non-hydrogen) atoms. The second-order valence-corrected chi connectivity index (χ2v) is 9.39. The molecule has 3 aromatic rings. The number of hydrogen-bond acceptors (Lipinski definition) is 5. The third-order valence-corrected chi connectivity index (χ3v) is 6.93. The highest BCUT2D eigenvalue weighted by Crippen LogP contribution is 2.39. The average molecular weight is 446 g/mol. The molecule has 5 rings (SSSR count). The predicted octanol–water partition coefficient (Wildman–Crippen LogP) is 3.75. The Morgan fingerprint density at radius 1 is 1.13 bits per heavy atom. The second kappa shape index (κ2) is 7.76. The Kier molecular flexibility index (Phi) is 5.08. The molecule has 0 atom stereocenters. The average Bonchev–Trinajstić information content (AvgIpc) is 3.10. The maximum absolute atomic E-state index is 11.1. The van der Waals surface area contributed by atoms with Gasteiger partial charge in [0.05, 0.1) is 21.7 Å². The van der Waals surface area contributed by atoms with E-state index in [0.29, 0.717) is 17.4 Å². The van der Waals surface area contributed by atoms with Crippen LogP contribution in [0.15, 0.2) is 36.4 Å². The van der Waals surface area contributed by atoms with Crippen molar-refractivity contribution in [1.29, 1.82) is 0 Å². The first-order chi connectivity index (χ1) is 14.5. The number of hydrogen-bond donors (Lipinski definition) is 4. The number of H-pyrrole nitrogens is 1. The van der Waals surface area contributed by atoms with Crippen LogP contribution in [-0.4, -0.2) is 37.0 Å². The molecule has 1 saturated carbocycles. The first-order valence-electron chi connectivity index (χ1n) is 10.2. The fraction of sp³-hybridized carbons (Fsp3) is 0.381. The molecule has 1 aliphatic heterocycles. The summed E-state index contributed by atoms with van der Waals surface area (Å²) in [5.74, 6) is 0.629. The maximum atomic E-state index is 11.1. The van der Waals surface area contributed by atoms with Gasteiger partial charge in [0.2, 0.25) is 16.8 Å². The van der Waals surface area contributed by atoms with Crippen LogP contribution >= 0.6 is 11.6 Å². The van der Waals surface area contributed by atoms with Crippen molar-refractivity contribution in [2.24, 2.45) is 0 Å². The van der Waals surface area contributed by atoms with Crippen molar-refractivity contribution in [2.45, 2.75) is 37.6 Å². The molecule has 2 fully saturated rings. The minimum Gasteiger partial charge on any atom is -0.371 e. The largest absolute Gasteiger partial charge is 0.371 e. The molecular weight excluding hydrogens is 422 g/mol. The highest BCUT2D eigenvalue weighted by atomic mass is 35.5. The van der Waals surface area contributed by atoms with E-state index in [9.17, 15) is 8.42 Å². The molecule has 158 valence electrons. The van der Waals surface area contributed by atoms with E-state index >= 15 is 0 Å². The van der Waals surface area contributed by atoms with Gasteiger partial charge in [-0.25, -0.2) is 18.1 Å². The van der Waals surface area contributed by atoms with Gasteiger partial charge >= 0.3 is 0 Å². The molecule has 9 heteroatoms. The first-order valence-corrected chi connectivity index (χ1v) is 11.8. The molecule has 1 aromatic heterocycles. The van der Waals surface area contributed by atoms with Crippen LogP contribution in [0.1, 0.15) is 31.2 Å². The summed E-state index contributed by atoms with van der Waals surface area (Å²) in [6, 6.07) is 12.0. The number of anilines is 3. The SMILES string of the molecule is O=[SH](=O)NC1(Cc2ccc(Cl)c(Nc3nc4cc(N5CCCC5)ccc4[nH]3)c2)CC1. The predicted molar refractivity (Wildman–Crippen MR) is 121 cm³/mol. The molecule has 0 spiro atoms. The van der Waals surface area contributed by atoms with Crippen LogP contribution in [0.5, 0.6) is 0 Å². The van der Waals surface area contributed by atoms with Crippen molar-refractivity contribution < 1.29 is 8.42 Å². The molecule has 0 unspecified atom stereocenters. The van der Waals surface area contributed by atoms with Crippen molar-refractivity contribution in [3.63, 3.8) is 0 Å². The van der Waals surface area contributed by atoms with Gasteiger partial charge in [-0.2, -0.15) is 0 Å². The molecule has 2 heterocycles. The van der Waals surface area contributed by atoms with E-state index in [-0.39, 0.29) is 5.54 Å². The summed E-state index contributed by atoms with van der Waals surface area (Å²) in [5.41, 5.74) is 4.51. The summed E-state index contributed by atoms with van der Waals surface area (Å²) in [5, 5.41) is 3.87. The number of nitrogens with zero attached hydrogens (tertiary/aromatic N) is 2. The van der Waals surface area contributed by atoms with E-state index < -0.39 is 10.9 Å². The van der Waals surface area contributed by atoms with Crippen LogP contribution in [0.2, 0.25) is 5.02 Å². The lowest BCUT2D eigenvalue weighted by molar-refractivity contribution is 0.556. The summed E-state index contributed by atoms with van der Waals surface area (Å²) in [7, 11) is -2.60. The van der Waals surface area contributed by atoms with Gasteiger partial charge in [0, 0.05) is 24.3 Å². The summed E-state index contributed by atoms with van der Waals surface area (Å²) in [6.07, 6.45) is 4.82. The van der Waals surface area contributed by atoms with Gasteiger partial charge in [0.15, 0.2) is 0 Å². The number of rotatable bonds is 7. The van der Waals surface area contributed by atoms with E-state index in [1.165, 1.54) is 18.5 Å². The Labute approximate surface area is 181 Å². The second-order valence-electron chi connectivity index (χ2n) is 8.25. The maximum Gasteiger partial charge on any atom is 0.205 e. The monoisotopic (exact) mass is 445 g/mol. The molecule has 0 bridgehead atoms. The summed E-state index contributed by atoms with van der Waals surface area (Å²) in [6.45, 7) is 2.20. The number of halogens is 1. The normalized spacial score (nSPS) is 17.7. The van der Waals surface area contributed by atoms with Crippen molar-refractivity contribution >= 4 is 50.8 Å². The van der Waals surface area contributed by atoms with E-state index in [4.69, 9.17) is 16.6 Å². The van der Waals surface area contributed by atoms with Gasteiger partial charge in [0.1, 0.15) is 0 Å². The number of aromatic amines is 1. The fourth-order valence-electron chi connectivity index (χ4n) is 4.19. The topological polar surface area (TPSA) is 90.1 Å². The lowest BCUT2D eigenvalue weighted by Gasteiger charge is -2.16. The summed E-state index contributed by atoms with van der Waals surface area (Å²) < 4.78 is 24.8. The number of imidazole rings is 1. The van der Waals surface area contributed by atoms with Crippen LogP contribution < -0.4 is 14.9 Å². The minimum atomic E-state index is -2.60. The van der Waals surface area contributed by atoms with Crippen LogP contribution in [0.4, 0.5) is 17.3 Å². The molecule has 3 N–H and O–H groups in total. The zero-order chi connectivity index (χ0) is 20.7. The first kappa shape index (κ1) is 19.7. The zero-order valence-electron chi connectivity index (χ0n) is 16.4. The van der Waals surface area contributed by atoms with E-state index in [0.717, 1.165) is 48.2 Å². The molecule has 1 saturated heterocycles. The number of nitrogens with one attached hydrogen (secondary N) is 3. The van der Waals surface area contributed by atoms with Crippen molar-refractivity contribution in [3.05, 3.63) is 47.0 Å². The highest BCUT2D eigenvalue weighted by molar-refractivity contribution is 7.70. The number of fused-ring (bicyclic) bond motifs is 1. The lowest BCUT2D eigenvalue weighted by Crippen LogP contribution is -2.31. The molecule has 2 aliphatic rings. The summed E-state index contributed by atoms with van der Waals surface area (Å²) >= 11 is 6.40. The van der Waals surface area contributed by atoms with Gasteiger partial charge < -0.3 is 15.2 Å². The Bertz CT molecular complexity index is 1160. The standard InChI is InChI=1S/C21H24ClN5O2S/c22-16-5-3-14(13-21(7-8-21)26-30(28)29)11-18(16)24-20-23-17-6-4-15(12-19(17)25-20)27-9-1-2-10-27/h3-6,11-12,30H,1-2,7-10,13H2,(H2,23,24,25)(H,26,28,29). The van der Waals surface area contributed by atoms with Gasteiger partial charge in [-0.3, -0.25) is 0 Å². The molecule has 2 aromatic carbocycles. The Morgan fingerprint density at radius 2 is 1.93 bits per heavy atom. The van der Waals surface area contributed by atoms with E-state index in [1.807, 2.05) is 18.2 Å². The smallest absolute Gasteiger partial charge is 0.205 e. The van der Waals surface area contributed by atoms with Gasteiger partial charge in [-0.05, 0) is 68.0 Å². The van der Waals surface area contributed by atoms with E-state index in [2.05, 4.69) is 38.1 Å². The van der Waals surface area contributed by atoms with Crippen molar-refractivity contribution in [2.75, 3.05) is 23.3 Å². The number of benzene rings is 2. The highest BCUT2D eigenvalue weighted by Gasteiger charge is 2.43. The third kappa shape index (κ3) is 4.12. The quantitative estimate of drug-likeness (QED) is 0.416. The van der Waals surface area contributed by atoms with Gasteiger partial charge in [0.25, 0.3) is 0 Å². The number of aromatic nitrogens is 2. The molecular formula is C21H24ClN5O2S. The van der Waals surface area contributed by atoms with Crippen LogP contribution in [0.25, 0.3) is 11.0 Å². The molecule has 1 aliphatic carbocycles. The Balaban J connectivity index is 1.36. The van der Waals surface area contributed by atoms with Crippen LogP contribution in [0, 0.1) is 0 Å². The fourth-order valence-corrected chi connectivity index (χ4v) is 5.05. The van der Waals surface area contributed by atoms with Crippen LogP contribution in [-0.2, 0) is 17.3 Å². The molecule has 0 amide bonds. The van der Waals surface area contributed by atoms with Crippen LogP contribution in [0.3, 0.4) is 0 Å². The molecule has 0 radical (unpaired) electrons.